The first-order valence-electron chi connectivity index (χ1n) is 5.82. The van der Waals surface area contributed by atoms with Gasteiger partial charge < -0.3 is 14.4 Å². The Hall–Kier alpha value is -1.34. The van der Waals surface area contributed by atoms with Gasteiger partial charge in [-0.2, -0.15) is 13.2 Å². The molecule has 4 nitrogen and oxygen atoms in total. The van der Waals surface area contributed by atoms with Gasteiger partial charge in [0.1, 0.15) is 11.7 Å². The Kier molecular flexibility index (Phi) is 3.96. The molecule has 0 radical (unpaired) electrons. The summed E-state index contributed by atoms with van der Waals surface area (Å²) in [5.74, 6) is -0.391. The highest BCUT2D eigenvalue weighted by atomic mass is 19.4. The molecule has 106 valence electrons. The lowest BCUT2D eigenvalue weighted by atomic mass is 10.2. The summed E-state index contributed by atoms with van der Waals surface area (Å²) in [5, 5.41) is 0. The zero-order valence-corrected chi connectivity index (χ0v) is 10.6. The number of ether oxygens (including phenoxy) is 2. The first kappa shape index (κ1) is 14.1. The van der Waals surface area contributed by atoms with Crippen molar-refractivity contribution in [3.8, 4) is 5.88 Å². The molecule has 2 rings (SSSR count). The van der Waals surface area contributed by atoms with Crippen molar-refractivity contribution in [2.24, 2.45) is 0 Å². The van der Waals surface area contributed by atoms with Crippen molar-refractivity contribution in [2.75, 3.05) is 27.3 Å². The van der Waals surface area contributed by atoms with Gasteiger partial charge in [0.05, 0.1) is 19.3 Å². The molecular formula is C12H15F3N2O2. The minimum absolute atomic E-state index is 0.0805. The van der Waals surface area contributed by atoms with Gasteiger partial charge in [-0.15, -0.1) is 0 Å². The molecule has 1 saturated heterocycles. The Morgan fingerprint density at radius 3 is 2.74 bits per heavy atom. The molecular weight excluding hydrogens is 261 g/mol. The monoisotopic (exact) mass is 276 g/mol. The van der Waals surface area contributed by atoms with Crippen molar-refractivity contribution in [3.63, 3.8) is 0 Å². The average molecular weight is 276 g/mol. The minimum Gasteiger partial charge on any atom is -0.470 e. The van der Waals surface area contributed by atoms with E-state index in [0.717, 1.165) is 6.07 Å². The summed E-state index contributed by atoms with van der Waals surface area (Å²) < 4.78 is 49.1. The smallest absolute Gasteiger partial charge is 0.421 e. The summed E-state index contributed by atoms with van der Waals surface area (Å²) in [7, 11) is 3.66. The maximum absolute atomic E-state index is 12.8. The molecule has 1 fully saturated rings. The number of pyridine rings is 1. The van der Waals surface area contributed by atoms with Crippen molar-refractivity contribution in [1.82, 2.24) is 9.88 Å². The van der Waals surface area contributed by atoms with E-state index in [2.05, 4.69) is 4.98 Å². The van der Waals surface area contributed by atoms with Gasteiger partial charge in [0.2, 0.25) is 5.88 Å². The third-order valence-corrected chi connectivity index (χ3v) is 3.00. The van der Waals surface area contributed by atoms with E-state index in [-0.39, 0.29) is 12.6 Å². The first-order chi connectivity index (χ1) is 8.89. The predicted molar refractivity (Wildman–Crippen MR) is 61.9 cm³/mol. The van der Waals surface area contributed by atoms with Gasteiger partial charge in [0.25, 0.3) is 0 Å². The molecule has 2 unspecified atom stereocenters. The lowest BCUT2D eigenvalue weighted by Gasteiger charge is -2.25. The largest absolute Gasteiger partial charge is 0.470 e. The maximum atomic E-state index is 12.8. The maximum Gasteiger partial charge on any atom is 0.421 e. The SMILES string of the molecule is CN(C)C1COCC1Oc1ncccc1C(F)(F)F. The molecule has 1 aliphatic heterocycles. The topological polar surface area (TPSA) is 34.6 Å². The molecule has 1 aromatic heterocycles. The van der Waals surface area contributed by atoms with Crippen LogP contribution in [-0.2, 0) is 10.9 Å². The summed E-state index contributed by atoms with van der Waals surface area (Å²) in [6, 6.07) is 2.12. The van der Waals surface area contributed by atoms with Crippen LogP contribution in [0.2, 0.25) is 0 Å². The number of likely N-dealkylation sites (N-methyl/N-ethyl adjacent to an activating group) is 1. The van der Waals surface area contributed by atoms with Gasteiger partial charge in [0, 0.05) is 6.20 Å². The number of aromatic nitrogens is 1. The summed E-state index contributed by atoms with van der Waals surface area (Å²) in [5.41, 5.74) is -0.862. The Balaban J connectivity index is 2.20. The standard InChI is InChI=1S/C12H15F3N2O2/c1-17(2)9-6-18-7-10(9)19-11-8(12(13,14)15)4-3-5-16-11/h3-5,9-10H,6-7H2,1-2H3. The van der Waals surface area contributed by atoms with Gasteiger partial charge in [0.15, 0.2) is 0 Å². The normalized spacial score (nSPS) is 23.9. The molecule has 0 saturated carbocycles. The Morgan fingerprint density at radius 2 is 2.11 bits per heavy atom. The molecule has 1 aromatic rings. The second kappa shape index (κ2) is 5.34. The highest BCUT2D eigenvalue weighted by Gasteiger charge is 2.38. The van der Waals surface area contributed by atoms with Crippen LogP contribution in [-0.4, -0.2) is 49.3 Å². The third kappa shape index (κ3) is 3.16. The van der Waals surface area contributed by atoms with Crippen LogP contribution in [0.3, 0.4) is 0 Å². The quantitative estimate of drug-likeness (QED) is 0.843. The van der Waals surface area contributed by atoms with Crippen LogP contribution in [0.15, 0.2) is 18.3 Å². The van der Waals surface area contributed by atoms with Crippen molar-refractivity contribution in [3.05, 3.63) is 23.9 Å². The van der Waals surface area contributed by atoms with E-state index in [9.17, 15) is 13.2 Å². The van der Waals surface area contributed by atoms with Crippen LogP contribution in [0, 0.1) is 0 Å². The fraction of sp³-hybridized carbons (Fsp3) is 0.583. The van der Waals surface area contributed by atoms with Crippen LogP contribution in [0.1, 0.15) is 5.56 Å². The molecule has 2 atom stereocenters. The summed E-state index contributed by atoms with van der Waals surface area (Å²) in [4.78, 5) is 5.56. The Labute approximate surface area is 109 Å². The van der Waals surface area contributed by atoms with Crippen molar-refractivity contribution in [1.29, 1.82) is 0 Å². The summed E-state index contributed by atoms with van der Waals surface area (Å²) in [6.07, 6.45) is -3.65. The number of hydrogen-bond donors (Lipinski definition) is 0. The number of nitrogens with zero attached hydrogens (tertiary/aromatic N) is 2. The van der Waals surface area contributed by atoms with Crippen LogP contribution in [0.25, 0.3) is 0 Å². The van der Waals surface area contributed by atoms with E-state index >= 15 is 0 Å². The summed E-state index contributed by atoms with van der Waals surface area (Å²) >= 11 is 0. The number of hydrogen-bond acceptors (Lipinski definition) is 4. The molecule has 0 spiro atoms. The van der Waals surface area contributed by atoms with Gasteiger partial charge in [-0.25, -0.2) is 4.98 Å². The Bertz CT molecular complexity index is 437. The molecule has 7 heteroatoms. The van der Waals surface area contributed by atoms with Crippen LogP contribution in [0.5, 0.6) is 5.88 Å². The van der Waals surface area contributed by atoms with E-state index in [1.807, 2.05) is 19.0 Å². The molecule has 0 N–H and O–H groups in total. The predicted octanol–water partition coefficient (Wildman–Crippen LogP) is 1.81. The van der Waals surface area contributed by atoms with Gasteiger partial charge in [-0.1, -0.05) is 0 Å². The number of alkyl halides is 3. The van der Waals surface area contributed by atoms with Crippen LogP contribution in [0.4, 0.5) is 13.2 Å². The van der Waals surface area contributed by atoms with E-state index in [1.54, 1.807) is 0 Å². The fourth-order valence-electron chi connectivity index (χ4n) is 1.96. The van der Waals surface area contributed by atoms with Gasteiger partial charge in [-0.3, -0.25) is 0 Å². The van der Waals surface area contributed by atoms with Gasteiger partial charge in [-0.05, 0) is 26.2 Å². The second-order valence-electron chi connectivity index (χ2n) is 4.58. The Morgan fingerprint density at radius 1 is 1.37 bits per heavy atom. The average Bonchev–Trinajstić information content (AvgIpc) is 2.76. The molecule has 2 heterocycles. The second-order valence-corrected chi connectivity index (χ2v) is 4.58. The van der Waals surface area contributed by atoms with Gasteiger partial charge >= 0.3 is 6.18 Å². The highest BCUT2D eigenvalue weighted by Crippen LogP contribution is 2.35. The zero-order valence-electron chi connectivity index (χ0n) is 10.6. The number of halogens is 3. The van der Waals surface area contributed by atoms with Crippen LogP contribution >= 0.6 is 0 Å². The van der Waals surface area contributed by atoms with E-state index < -0.39 is 23.7 Å². The lowest BCUT2D eigenvalue weighted by molar-refractivity contribution is -0.139. The molecule has 19 heavy (non-hydrogen) atoms. The van der Waals surface area contributed by atoms with Crippen molar-refractivity contribution < 1.29 is 22.6 Å². The molecule has 0 aromatic carbocycles. The molecule has 1 aliphatic rings. The van der Waals surface area contributed by atoms with E-state index in [1.165, 1.54) is 12.3 Å². The number of rotatable bonds is 3. The minimum atomic E-state index is -4.48. The fourth-order valence-corrected chi connectivity index (χ4v) is 1.96. The van der Waals surface area contributed by atoms with Crippen LogP contribution < -0.4 is 4.74 Å². The zero-order chi connectivity index (χ0) is 14.0. The van der Waals surface area contributed by atoms with Crippen molar-refractivity contribution in [2.45, 2.75) is 18.3 Å². The van der Waals surface area contributed by atoms with E-state index in [0.29, 0.717) is 6.61 Å². The van der Waals surface area contributed by atoms with E-state index in [4.69, 9.17) is 9.47 Å². The lowest BCUT2D eigenvalue weighted by Crippen LogP contribution is -2.41. The molecule has 0 amide bonds. The summed E-state index contributed by atoms with van der Waals surface area (Å²) in [6.45, 7) is 0.697. The van der Waals surface area contributed by atoms with Crippen molar-refractivity contribution >= 4 is 0 Å². The molecule has 0 bridgehead atoms. The molecule has 0 aliphatic carbocycles. The first-order valence-corrected chi connectivity index (χ1v) is 5.82. The highest BCUT2D eigenvalue weighted by molar-refractivity contribution is 5.28. The third-order valence-electron chi connectivity index (χ3n) is 3.00.